The van der Waals surface area contributed by atoms with Crippen LogP contribution in [-0.2, 0) is 4.74 Å². The number of cyclic esters (lactones) is 1. The molecule has 22 heavy (non-hydrogen) atoms. The molecule has 0 fully saturated rings. The molecule has 110 valence electrons. The number of nitrogens with two attached hydrogens (primary N) is 1. The predicted molar refractivity (Wildman–Crippen MR) is 89.8 cm³/mol. The van der Waals surface area contributed by atoms with Crippen LogP contribution in [0.1, 0.15) is 33.2 Å². The second-order valence-electron chi connectivity index (χ2n) is 4.51. The van der Waals surface area contributed by atoms with Gasteiger partial charge < -0.3 is 10.5 Å². The van der Waals surface area contributed by atoms with Crippen molar-refractivity contribution < 1.29 is 9.53 Å². The highest BCUT2D eigenvalue weighted by molar-refractivity contribution is 14.1. The number of rotatable bonds is 1. The highest BCUT2D eigenvalue weighted by atomic mass is 127. The van der Waals surface area contributed by atoms with Crippen LogP contribution in [0.3, 0.4) is 0 Å². The number of hydrogen-bond acceptors (Lipinski definition) is 5. The lowest BCUT2D eigenvalue weighted by Crippen LogP contribution is -2.07. The fourth-order valence-corrected chi connectivity index (χ4v) is 3.51. The predicted octanol–water partition coefficient (Wildman–Crippen LogP) is 3.71. The number of carbonyl (C=O) groups excluding carboxylic acids is 1. The minimum atomic E-state index is -0.805. The molecule has 0 saturated carbocycles. The lowest BCUT2D eigenvalue weighted by Gasteiger charge is -2.14. The largest absolute Gasteiger partial charge is 0.449 e. The summed E-state index contributed by atoms with van der Waals surface area (Å²) >= 11 is 14.0. The maximum atomic E-state index is 12.1. The number of benzene rings is 1. The van der Waals surface area contributed by atoms with Gasteiger partial charge in [-0.15, -0.1) is 0 Å². The van der Waals surface area contributed by atoms with E-state index in [0.717, 1.165) is 0 Å². The smallest absolute Gasteiger partial charge is 0.343 e. The van der Waals surface area contributed by atoms with Crippen LogP contribution in [0.5, 0.6) is 0 Å². The maximum Gasteiger partial charge on any atom is 0.343 e. The molecular weight excluding hydrogens is 440 g/mol. The Morgan fingerprint density at radius 3 is 2.77 bits per heavy atom. The van der Waals surface area contributed by atoms with E-state index >= 15 is 0 Å². The molecule has 0 aliphatic carbocycles. The van der Waals surface area contributed by atoms with E-state index in [9.17, 15) is 10.1 Å². The lowest BCUT2D eigenvalue weighted by molar-refractivity contribution is 0.0456. The normalized spacial score (nSPS) is 16.1. The number of hydrogen-bond donors (Lipinski definition) is 1. The molecular formula is C14H6Cl2IN3O2. The standard InChI is InChI=1S/C14H6Cl2IN3O2/c15-5-1-2-6(8(16)3-5)11-9-7(4-18)12(17)20-13(19)10(9)14(21)22-11/h1-3,11H,(H2,19,20). The van der Waals surface area contributed by atoms with Crippen molar-refractivity contribution in [1.29, 1.82) is 5.26 Å². The van der Waals surface area contributed by atoms with Crippen molar-refractivity contribution in [3.05, 3.63) is 54.2 Å². The zero-order valence-electron chi connectivity index (χ0n) is 10.7. The van der Waals surface area contributed by atoms with Gasteiger partial charge in [0.1, 0.15) is 21.2 Å². The number of pyridine rings is 1. The molecule has 0 spiro atoms. The van der Waals surface area contributed by atoms with Crippen LogP contribution in [0.2, 0.25) is 10.0 Å². The Kier molecular flexibility index (Phi) is 3.89. The first kappa shape index (κ1) is 15.3. The number of fused-ring (bicyclic) bond motifs is 1. The number of aromatic nitrogens is 1. The van der Waals surface area contributed by atoms with E-state index in [0.29, 0.717) is 24.9 Å². The van der Waals surface area contributed by atoms with Gasteiger partial charge in [0.05, 0.1) is 5.56 Å². The minimum absolute atomic E-state index is 0.0379. The van der Waals surface area contributed by atoms with Gasteiger partial charge in [0.15, 0.2) is 6.10 Å². The molecule has 1 aromatic heterocycles. The second kappa shape index (κ2) is 5.57. The van der Waals surface area contributed by atoms with Crippen molar-refractivity contribution in [2.45, 2.75) is 6.10 Å². The van der Waals surface area contributed by atoms with Gasteiger partial charge in [0.25, 0.3) is 0 Å². The van der Waals surface area contributed by atoms with Crippen LogP contribution in [-0.4, -0.2) is 11.0 Å². The van der Waals surface area contributed by atoms with Gasteiger partial charge in [0, 0.05) is 21.2 Å². The third-order valence-corrected chi connectivity index (χ3v) is 4.61. The fraction of sp³-hybridized carbons (Fsp3) is 0.0714. The number of anilines is 1. The topological polar surface area (TPSA) is 89.0 Å². The van der Waals surface area contributed by atoms with Crippen LogP contribution < -0.4 is 5.73 Å². The Morgan fingerprint density at radius 1 is 1.41 bits per heavy atom. The quantitative estimate of drug-likeness (QED) is 0.410. The Balaban J connectivity index is 2.29. The first-order chi connectivity index (χ1) is 10.4. The summed E-state index contributed by atoms with van der Waals surface area (Å²) in [6.07, 6.45) is -0.805. The number of nitriles is 1. The first-order valence-electron chi connectivity index (χ1n) is 5.99. The number of ether oxygens (including phenoxy) is 1. The fourth-order valence-electron chi connectivity index (χ4n) is 2.33. The van der Waals surface area contributed by atoms with Gasteiger partial charge in [-0.25, -0.2) is 9.78 Å². The van der Waals surface area contributed by atoms with Crippen molar-refractivity contribution in [3.63, 3.8) is 0 Å². The summed E-state index contributed by atoms with van der Waals surface area (Å²) in [6.45, 7) is 0. The van der Waals surface area contributed by atoms with Gasteiger partial charge in [0.2, 0.25) is 0 Å². The van der Waals surface area contributed by atoms with Crippen LogP contribution >= 0.6 is 45.8 Å². The summed E-state index contributed by atoms with van der Waals surface area (Å²) in [4.78, 5) is 16.1. The average Bonchev–Trinajstić information content (AvgIpc) is 2.77. The van der Waals surface area contributed by atoms with Crippen molar-refractivity contribution >= 4 is 57.6 Å². The third kappa shape index (κ3) is 2.29. The highest BCUT2D eigenvalue weighted by Gasteiger charge is 2.39. The molecule has 0 bridgehead atoms. The molecule has 1 aliphatic rings. The summed E-state index contributed by atoms with van der Waals surface area (Å²) in [5.74, 6) is -0.583. The zero-order chi connectivity index (χ0) is 16.0. The number of carbonyl (C=O) groups is 1. The molecule has 1 unspecified atom stereocenters. The molecule has 2 N–H and O–H groups in total. The molecule has 0 amide bonds. The van der Waals surface area contributed by atoms with Gasteiger partial charge in [-0.05, 0) is 34.7 Å². The molecule has 5 nitrogen and oxygen atoms in total. The molecule has 1 atom stereocenters. The Morgan fingerprint density at radius 2 is 2.14 bits per heavy atom. The Bertz CT molecular complexity index is 864. The second-order valence-corrected chi connectivity index (χ2v) is 6.38. The van der Waals surface area contributed by atoms with Gasteiger partial charge >= 0.3 is 5.97 Å². The summed E-state index contributed by atoms with van der Waals surface area (Å²) in [5.41, 5.74) is 7.12. The van der Waals surface area contributed by atoms with E-state index in [4.69, 9.17) is 33.7 Å². The number of nitrogen functional groups attached to an aromatic ring is 1. The van der Waals surface area contributed by atoms with E-state index in [1.54, 1.807) is 18.2 Å². The van der Waals surface area contributed by atoms with Crippen LogP contribution in [0.4, 0.5) is 5.82 Å². The van der Waals surface area contributed by atoms with Gasteiger partial charge in [-0.2, -0.15) is 5.26 Å². The minimum Gasteiger partial charge on any atom is -0.449 e. The summed E-state index contributed by atoms with van der Waals surface area (Å²) in [6, 6.07) is 6.88. The summed E-state index contributed by atoms with van der Waals surface area (Å²) < 4.78 is 5.78. The van der Waals surface area contributed by atoms with Crippen molar-refractivity contribution in [1.82, 2.24) is 4.98 Å². The number of halogens is 3. The molecule has 1 aromatic carbocycles. The summed E-state index contributed by atoms with van der Waals surface area (Å²) in [7, 11) is 0. The molecule has 3 rings (SSSR count). The zero-order valence-corrected chi connectivity index (χ0v) is 14.4. The Hall–Kier alpha value is -1.56. The molecule has 2 heterocycles. The first-order valence-corrected chi connectivity index (χ1v) is 7.82. The lowest BCUT2D eigenvalue weighted by atomic mass is 9.96. The van der Waals surface area contributed by atoms with Crippen LogP contribution in [0.15, 0.2) is 18.2 Å². The highest BCUT2D eigenvalue weighted by Crippen LogP contribution is 2.43. The van der Waals surface area contributed by atoms with Crippen molar-refractivity contribution in [3.8, 4) is 6.07 Å². The number of esters is 1. The summed E-state index contributed by atoms with van der Waals surface area (Å²) in [5, 5.41) is 10.2. The van der Waals surface area contributed by atoms with Crippen LogP contribution in [0, 0.1) is 15.0 Å². The van der Waals surface area contributed by atoms with E-state index in [1.807, 2.05) is 28.7 Å². The molecule has 0 saturated heterocycles. The number of nitrogens with zero attached hydrogens (tertiary/aromatic N) is 2. The Labute approximate surface area is 149 Å². The molecule has 2 aromatic rings. The maximum absolute atomic E-state index is 12.1. The van der Waals surface area contributed by atoms with E-state index in [-0.39, 0.29) is 16.9 Å². The van der Waals surface area contributed by atoms with E-state index < -0.39 is 12.1 Å². The average molecular weight is 446 g/mol. The van der Waals surface area contributed by atoms with Gasteiger partial charge in [-0.1, -0.05) is 29.3 Å². The molecule has 1 aliphatic heterocycles. The van der Waals surface area contributed by atoms with Crippen molar-refractivity contribution in [2.75, 3.05) is 5.73 Å². The van der Waals surface area contributed by atoms with E-state index in [2.05, 4.69) is 4.98 Å². The monoisotopic (exact) mass is 445 g/mol. The third-order valence-electron chi connectivity index (χ3n) is 3.27. The van der Waals surface area contributed by atoms with Crippen LogP contribution in [0.25, 0.3) is 0 Å². The molecule has 8 heteroatoms. The van der Waals surface area contributed by atoms with Crippen molar-refractivity contribution in [2.24, 2.45) is 0 Å². The van der Waals surface area contributed by atoms with Gasteiger partial charge in [-0.3, -0.25) is 0 Å². The molecule has 0 radical (unpaired) electrons. The van der Waals surface area contributed by atoms with E-state index in [1.165, 1.54) is 0 Å². The SMILES string of the molecule is N#Cc1c(I)nc(N)c2c1C(c1ccc(Cl)cc1Cl)OC2=O.